The van der Waals surface area contributed by atoms with Crippen molar-refractivity contribution in [1.82, 2.24) is 0 Å². The summed E-state index contributed by atoms with van der Waals surface area (Å²) in [5.74, 6) is 0.189. The molecule has 1 aromatic carbocycles. The van der Waals surface area contributed by atoms with Crippen molar-refractivity contribution in [3.63, 3.8) is 0 Å². The summed E-state index contributed by atoms with van der Waals surface area (Å²) in [4.78, 5) is 0. The van der Waals surface area contributed by atoms with Crippen molar-refractivity contribution in [2.75, 3.05) is 0 Å². The van der Waals surface area contributed by atoms with Gasteiger partial charge in [0.15, 0.2) is 0 Å². The number of aromatic hydroxyl groups is 1. The monoisotopic (exact) mass is 177 g/mol. The molecular weight excluding hydrogens is 172 g/mol. The quantitative estimate of drug-likeness (QED) is 0.405. The maximum Gasteiger partial charge on any atom is 1.00 e. The third kappa shape index (κ3) is 4.51. The molecule has 11 heavy (non-hydrogen) atoms. The number of rotatable bonds is 0. The van der Waals surface area contributed by atoms with Crippen molar-refractivity contribution in [2.24, 2.45) is 0 Å². The van der Waals surface area contributed by atoms with E-state index < -0.39 is 0 Å². The number of hydrogen-bond donors (Lipinski definition) is 1. The molecule has 0 amide bonds. The normalized spacial score (nSPS) is 6.82. The van der Waals surface area contributed by atoms with Crippen molar-refractivity contribution in [1.29, 1.82) is 5.26 Å². The van der Waals surface area contributed by atoms with Crippen molar-refractivity contribution >= 4 is 0 Å². The molecule has 0 spiro atoms. The van der Waals surface area contributed by atoms with Gasteiger partial charge in [-0.05, 0) is 24.3 Å². The summed E-state index contributed by atoms with van der Waals surface area (Å²) >= 11 is 0. The number of phenolic OH excluding ortho intramolecular Hbond substituents is 1. The molecular formula is C7H5FKNO. The smallest absolute Gasteiger partial charge is 1.00 e. The first-order valence-electron chi connectivity index (χ1n) is 2.52. The fourth-order valence-corrected chi connectivity index (χ4v) is 0.536. The molecule has 52 valence electrons. The van der Waals surface area contributed by atoms with Crippen LogP contribution in [0.4, 0.5) is 0 Å². The number of benzene rings is 1. The summed E-state index contributed by atoms with van der Waals surface area (Å²) in [7, 11) is 0. The van der Waals surface area contributed by atoms with Crippen LogP contribution < -0.4 is 56.1 Å². The zero-order chi connectivity index (χ0) is 6.69. The fourth-order valence-electron chi connectivity index (χ4n) is 0.536. The van der Waals surface area contributed by atoms with Gasteiger partial charge in [-0.25, -0.2) is 0 Å². The molecule has 0 saturated carbocycles. The van der Waals surface area contributed by atoms with Gasteiger partial charge in [0, 0.05) is 0 Å². The van der Waals surface area contributed by atoms with E-state index in [-0.39, 0.29) is 61.8 Å². The third-order valence-corrected chi connectivity index (χ3v) is 0.996. The Labute approximate surface area is 107 Å². The molecule has 4 heteroatoms. The second kappa shape index (κ2) is 6.77. The molecule has 0 fully saturated rings. The SMILES string of the molecule is N#Cc1ccc(O)cc1.[F-].[K+]. The number of phenols is 1. The first-order valence-corrected chi connectivity index (χ1v) is 2.52. The van der Waals surface area contributed by atoms with Crippen molar-refractivity contribution < 1.29 is 61.2 Å². The molecule has 0 unspecified atom stereocenters. The van der Waals surface area contributed by atoms with E-state index in [4.69, 9.17) is 10.4 Å². The summed E-state index contributed by atoms with van der Waals surface area (Å²) in [6, 6.07) is 8.04. The predicted octanol–water partition coefficient (Wildman–Crippen LogP) is -4.73. The molecule has 1 N–H and O–H groups in total. The summed E-state index contributed by atoms with van der Waals surface area (Å²) in [5, 5.41) is 17.0. The Bertz CT molecular complexity index is 242. The largest absolute Gasteiger partial charge is 1.00 e. The van der Waals surface area contributed by atoms with Crippen molar-refractivity contribution in [3.8, 4) is 11.8 Å². The van der Waals surface area contributed by atoms with Gasteiger partial charge in [-0.2, -0.15) is 5.26 Å². The topological polar surface area (TPSA) is 44.0 Å². The predicted molar refractivity (Wildman–Crippen MR) is 32.8 cm³/mol. The Morgan fingerprint density at radius 1 is 1.18 bits per heavy atom. The Balaban J connectivity index is 0. The van der Waals surface area contributed by atoms with E-state index in [1.54, 1.807) is 12.1 Å². The molecule has 0 aliphatic carbocycles. The minimum atomic E-state index is 0. The summed E-state index contributed by atoms with van der Waals surface area (Å²) in [6.45, 7) is 0. The minimum absolute atomic E-state index is 0. The van der Waals surface area contributed by atoms with Crippen LogP contribution >= 0.6 is 0 Å². The van der Waals surface area contributed by atoms with Crippen LogP contribution in [-0.2, 0) is 0 Å². The van der Waals surface area contributed by atoms with Gasteiger partial charge in [0.25, 0.3) is 0 Å². The fraction of sp³-hybridized carbons (Fsp3) is 0. The molecule has 0 aliphatic heterocycles. The molecule has 0 aliphatic rings. The first-order chi connectivity index (χ1) is 4.33. The zero-order valence-corrected chi connectivity index (χ0v) is 9.20. The first kappa shape index (κ1) is 13.7. The van der Waals surface area contributed by atoms with Gasteiger partial charge in [-0.15, -0.1) is 0 Å². The molecule has 0 saturated heterocycles. The second-order valence-corrected chi connectivity index (χ2v) is 1.66. The molecule has 0 atom stereocenters. The van der Waals surface area contributed by atoms with Crippen molar-refractivity contribution in [2.45, 2.75) is 0 Å². The van der Waals surface area contributed by atoms with Gasteiger partial charge in [0.05, 0.1) is 11.6 Å². The van der Waals surface area contributed by atoms with E-state index in [2.05, 4.69) is 0 Å². The van der Waals surface area contributed by atoms with Crippen molar-refractivity contribution in [3.05, 3.63) is 29.8 Å². The Kier molecular flexibility index (Phi) is 8.40. The average Bonchev–Trinajstić information content (AvgIpc) is 1.90. The number of nitriles is 1. The molecule has 1 aromatic rings. The third-order valence-electron chi connectivity index (χ3n) is 0.996. The number of nitrogens with zero attached hydrogens (tertiary/aromatic N) is 1. The number of halogens is 1. The number of hydrogen-bond acceptors (Lipinski definition) is 2. The van der Waals surface area contributed by atoms with Gasteiger partial charge in [0.2, 0.25) is 0 Å². The standard InChI is InChI=1S/C7H5NO.FH.K/c8-5-6-1-3-7(9)4-2-6;;/h1-4,9H;1H;/q;;+1/p-1. The zero-order valence-electron chi connectivity index (χ0n) is 6.08. The van der Waals surface area contributed by atoms with E-state index in [0.29, 0.717) is 5.56 Å². The minimum Gasteiger partial charge on any atom is -1.00 e. The van der Waals surface area contributed by atoms with Crippen LogP contribution in [0.2, 0.25) is 0 Å². The molecule has 0 radical (unpaired) electrons. The Morgan fingerprint density at radius 3 is 2.00 bits per heavy atom. The average molecular weight is 177 g/mol. The summed E-state index contributed by atoms with van der Waals surface area (Å²) in [5.41, 5.74) is 0.563. The van der Waals surface area contributed by atoms with Crippen LogP contribution in [0.5, 0.6) is 5.75 Å². The van der Waals surface area contributed by atoms with E-state index in [0.717, 1.165) is 0 Å². The van der Waals surface area contributed by atoms with Crippen LogP contribution in [0.25, 0.3) is 0 Å². The molecule has 0 heterocycles. The summed E-state index contributed by atoms with van der Waals surface area (Å²) < 4.78 is 0. The maximum atomic E-state index is 8.74. The van der Waals surface area contributed by atoms with Gasteiger partial charge in [0.1, 0.15) is 5.75 Å². The van der Waals surface area contributed by atoms with Crippen LogP contribution in [-0.4, -0.2) is 5.11 Å². The molecule has 1 rings (SSSR count). The molecule has 0 aromatic heterocycles. The van der Waals surface area contributed by atoms with Crippen LogP contribution in [0, 0.1) is 11.3 Å². The van der Waals surface area contributed by atoms with E-state index in [1.807, 2.05) is 6.07 Å². The van der Waals surface area contributed by atoms with Gasteiger partial charge in [-0.3, -0.25) is 0 Å². The second-order valence-electron chi connectivity index (χ2n) is 1.66. The van der Waals surface area contributed by atoms with Crippen LogP contribution in [0.15, 0.2) is 24.3 Å². The van der Waals surface area contributed by atoms with Crippen LogP contribution in [0.1, 0.15) is 5.56 Å². The Hall–Kier alpha value is 0.0764. The van der Waals surface area contributed by atoms with E-state index >= 15 is 0 Å². The van der Waals surface area contributed by atoms with Gasteiger partial charge >= 0.3 is 51.4 Å². The van der Waals surface area contributed by atoms with E-state index in [9.17, 15) is 0 Å². The summed E-state index contributed by atoms with van der Waals surface area (Å²) in [6.07, 6.45) is 0. The van der Waals surface area contributed by atoms with Gasteiger partial charge < -0.3 is 9.81 Å². The van der Waals surface area contributed by atoms with E-state index in [1.165, 1.54) is 12.1 Å². The maximum absolute atomic E-state index is 8.74. The Morgan fingerprint density at radius 2 is 1.64 bits per heavy atom. The van der Waals surface area contributed by atoms with Gasteiger partial charge in [-0.1, -0.05) is 0 Å². The molecule has 2 nitrogen and oxygen atoms in total. The molecule has 0 bridgehead atoms. The van der Waals surface area contributed by atoms with Crippen LogP contribution in [0.3, 0.4) is 0 Å².